The number of aryl methyl sites for hydroxylation is 1. The third-order valence-electron chi connectivity index (χ3n) is 1.44. The molecule has 0 bridgehead atoms. The average Bonchev–Trinajstić information content (AvgIpc) is 2.29. The van der Waals surface area contributed by atoms with Crippen LogP contribution in [0.1, 0.15) is 6.92 Å². The molecule has 0 unspecified atom stereocenters. The number of aromatic nitrogens is 4. The molecule has 0 saturated carbocycles. The minimum atomic E-state index is -0.0459. The predicted octanol–water partition coefficient (Wildman–Crippen LogP) is -1.10. The zero-order valence-electron chi connectivity index (χ0n) is 7.57. The highest BCUT2D eigenvalue weighted by atomic mass is 32.1. The van der Waals surface area contributed by atoms with Crippen LogP contribution in [0.25, 0.3) is 0 Å². The normalized spacial score (nSPS) is 10.0. The van der Waals surface area contributed by atoms with Crippen molar-refractivity contribution in [1.29, 1.82) is 0 Å². The van der Waals surface area contributed by atoms with E-state index in [0.29, 0.717) is 17.9 Å². The second kappa shape index (κ2) is 4.13. The SMILES string of the molecule is CC(=O)NCCn1[nH][n+](C)nc1=S. The number of nitrogens with zero attached hydrogens (tertiary/aromatic N) is 3. The summed E-state index contributed by atoms with van der Waals surface area (Å²) in [6.45, 7) is 2.63. The summed E-state index contributed by atoms with van der Waals surface area (Å²) in [6, 6.07) is 0. The fraction of sp³-hybridized carbons (Fsp3) is 0.667. The summed E-state index contributed by atoms with van der Waals surface area (Å²) in [5.74, 6) is -0.0459. The van der Waals surface area contributed by atoms with Crippen molar-refractivity contribution >= 4 is 18.1 Å². The smallest absolute Gasteiger partial charge is 0.347 e. The molecule has 0 aromatic carbocycles. The largest absolute Gasteiger partial charge is 0.352 e. The lowest BCUT2D eigenvalue weighted by Gasteiger charge is -1.96. The zero-order chi connectivity index (χ0) is 9.84. The van der Waals surface area contributed by atoms with E-state index < -0.39 is 0 Å². The molecule has 0 aliphatic heterocycles. The highest BCUT2D eigenvalue weighted by Gasteiger charge is 2.04. The molecule has 6 nitrogen and oxygen atoms in total. The Morgan fingerprint density at radius 1 is 1.85 bits per heavy atom. The number of rotatable bonds is 3. The molecule has 2 N–H and O–H groups in total. The summed E-state index contributed by atoms with van der Waals surface area (Å²) in [7, 11) is 1.75. The first-order valence-electron chi connectivity index (χ1n) is 3.87. The van der Waals surface area contributed by atoms with Gasteiger partial charge in [-0.1, -0.05) is 10.0 Å². The first-order valence-corrected chi connectivity index (χ1v) is 4.28. The van der Waals surface area contributed by atoms with Crippen molar-refractivity contribution < 1.29 is 9.59 Å². The molecule has 0 radical (unpaired) electrons. The van der Waals surface area contributed by atoms with Gasteiger partial charge >= 0.3 is 4.77 Å². The minimum Gasteiger partial charge on any atom is -0.352 e. The number of tetrazole rings is 1. The number of aromatic amines is 1. The maximum atomic E-state index is 10.5. The Hall–Kier alpha value is -1.24. The van der Waals surface area contributed by atoms with E-state index in [2.05, 4.69) is 15.6 Å². The van der Waals surface area contributed by atoms with Gasteiger partial charge in [-0.15, -0.1) is 4.68 Å². The van der Waals surface area contributed by atoms with Gasteiger partial charge in [-0.25, -0.2) is 0 Å². The van der Waals surface area contributed by atoms with Gasteiger partial charge in [-0.05, 0) is 17.3 Å². The molecule has 0 fully saturated rings. The molecule has 1 aromatic rings. The van der Waals surface area contributed by atoms with Crippen LogP contribution < -0.4 is 10.1 Å². The van der Waals surface area contributed by atoms with Crippen LogP contribution in [0.15, 0.2) is 0 Å². The van der Waals surface area contributed by atoms with Crippen molar-refractivity contribution in [3.05, 3.63) is 4.77 Å². The van der Waals surface area contributed by atoms with Crippen molar-refractivity contribution in [1.82, 2.24) is 20.3 Å². The van der Waals surface area contributed by atoms with Crippen molar-refractivity contribution in [3.63, 3.8) is 0 Å². The molecule has 0 aliphatic carbocycles. The first kappa shape index (κ1) is 9.85. The highest BCUT2D eigenvalue weighted by Crippen LogP contribution is 1.80. The molecular formula is C6H12N5OS+. The molecule has 1 heterocycles. The summed E-state index contributed by atoms with van der Waals surface area (Å²) in [5.41, 5.74) is 0. The number of hydrogen-bond acceptors (Lipinski definition) is 3. The van der Waals surface area contributed by atoms with E-state index in [4.69, 9.17) is 12.2 Å². The molecule has 0 atom stereocenters. The number of hydrogen-bond donors (Lipinski definition) is 2. The average molecular weight is 202 g/mol. The summed E-state index contributed by atoms with van der Waals surface area (Å²) < 4.78 is 2.17. The summed E-state index contributed by atoms with van der Waals surface area (Å²) in [6.07, 6.45) is 0. The molecular weight excluding hydrogens is 190 g/mol. The van der Waals surface area contributed by atoms with Crippen molar-refractivity contribution in [2.24, 2.45) is 7.05 Å². The van der Waals surface area contributed by atoms with Gasteiger partial charge in [-0.2, -0.15) is 0 Å². The molecule has 0 aliphatic rings. The van der Waals surface area contributed by atoms with Crippen molar-refractivity contribution in [2.75, 3.05) is 6.54 Å². The number of nitrogens with one attached hydrogen (secondary N) is 2. The van der Waals surface area contributed by atoms with Crippen molar-refractivity contribution in [2.45, 2.75) is 13.5 Å². The maximum absolute atomic E-state index is 10.5. The Bertz CT molecular complexity index is 354. The number of carbonyl (C=O) groups is 1. The Balaban J connectivity index is 2.50. The molecule has 72 valence electrons. The Labute approximate surface area is 80.5 Å². The van der Waals surface area contributed by atoms with Crippen LogP contribution in [0.2, 0.25) is 0 Å². The second-order valence-corrected chi connectivity index (χ2v) is 3.01. The van der Waals surface area contributed by atoms with Crippen LogP contribution in [0.4, 0.5) is 0 Å². The Morgan fingerprint density at radius 2 is 2.54 bits per heavy atom. The fourth-order valence-electron chi connectivity index (χ4n) is 0.912. The van der Waals surface area contributed by atoms with Crippen LogP contribution in [-0.2, 0) is 18.4 Å². The Kier molecular flexibility index (Phi) is 3.13. The predicted molar refractivity (Wildman–Crippen MR) is 47.3 cm³/mol. The highest BCUT2D eigenvalue weighted by molar-refractivity contribution is 7.71. The first-order chi connectivity index (χ1) is 6.09. The lowest BCUT2D eigenvalue weighted by Crippen LogP contribution is -2.35. The number of amides is 1. The van der Waals surface area contributed by atoms with E-state index in [-0.39, 0.29) is 5.91 Å². The van der Waals surface area contributed by atoms with Crippen LogP contribution in [0.5, 0.6) is 0 Å². The number of H-pyrrole nitrogens is 1. The molecule has 1 amide bonds. The van der Waals surface area contributed by atoms with Gasteiger partial charge in [0.1, 0.15) is 13.6 Å². The lowest BCUT2D eigenvalue weighted by atomic mass is 10.6. The molecule has 1 rings (SSSR count). The summed E-state index contributed by atoms with van der Waals surface area (Å²) >= 11 is 4.94. The van der Waals surface area contributed by atoms with E-state index in [1.165, 1.54) is 11.7 Å². The summed E-state index contributed by atoms with van der Waals surface area (Å²) in [5, 5.41) is 9.49. The maximum Gasteiger partial charge on any atom is 0.347 e. The minimum absolute atomic E-state index is 0.0459. The summed E-state index contributed by atoms with van der Waals surface area (Å²) in [4.78, 5) is 12.1. The molecule has 0 saturated heterocycles. The van der Waals surface area contributed by atoms with Gasteiger partial charge in [0, 0.05) is 6.92 Å². The fourth-order valence-corrected chi connectivity index (χ4v) is 1.17. The van der Waals surface area contributed by atoms with Gasteiger partial charge in [0.15, 0.2) is 0 Å². The van der Waals surface area contributed by atoms with Crippen LogP contribution in [0.3, 0.4) is 0 Å². The van der Waals surface area contributed by atoms with Gasteiger partial charge in [0.2, 0.25) is 5.91 Å². The molecule has 13 heavy (non-hydrogen) atoms. The third kappa shape index (κ3) is 2.94. The van der Waals surface area contributed by atoms with Crippen molar-refractivity contribution in [3.8, 4) is 0 Å². The van der Waals surface area contributed by atoms with Gasteiger partial charge < -0.3 is 5.32 Å². The quantitative estimate of drug-likeness (QED) is 0.483. The van der Waals surface area contributed by atoms with E-state index in [1.807, 2.05) is 0 Å². The zero-order valence-corrected chi connectivity index (χ0v) is 8.39. The van der Waals surface area contributed by atoms with Crippen LogP contribution >= 0.6 is 12.2 Å². The number of carbonyl (C=O) groups excluding carboxylic acids is 1. The van der Waals surface area contributed by atoms with Gasteiger partial charge in [-0.3, -0.25) is 4.79 Å². The lowest BCUT2D eigenvalue weighted by molar-refractivity contribution is -0.785. The van der Waals surface area contributed by atoms with E-state index >= 15 is 0 Å². The standard InChI is InChI=1S/C6H11N5OS/c1-5(12)7-3-4-11-6(13)8-10(2)9-11/h3-4H2,1-2H3,(H-,7,8,9,12,13)/p+1. The second-order valence-electron chi connectivity index (χ2n) is 2.64. The molecule has 7 heteroatoms. The topological polar surface area (TPSA) is 66.6 Å². The molecule has 0 spiro atoms. The van der Waals surface area contributed by atoms with E-state index in [9.17, 15) is 4.79 Å². The van der Waals surface area contributed by atoms with Gasteiger partial charge in [0.05, 0.1) is 6.54 Å². The molecule has 1 aromatic heterocycles. The van der Waals surface area contributed by atoms with Crippen LogP contribution in [-0.4, -0.2) is 27.4 Å². The Morgan fingerprint density at radius 3 is 3.00 bits per heavy atom. The third-order valence-corrected chi connectivity index (χ3v) is 1.74. The van der Waals surface area contributed by atoms with E-state index in [1.54, 1.807) is 11.7 Å². The van der Waals surface area contributed by atoms with E-state index in [0.717, 1.165) is 0 Å². The monoisotopic (exact) mass is 202 g/mol. The van der Waals surface area contributed by atoms with Crippen LogP contribution in [0, 0.1) is 4.77 Å². The van der Waals surface area contributed by atoms with Gasteiger partial charge in [0.25, 0.3) is 0 Å².